The fourth-order valence-electron chi connectivity index (χ4n) is 3.46. The van der Waals surface area contributed by atoms with Gasteiger partial charge < -0.3 is 24.4 Å². The second-order valence-corrected chi connectivity index (χ2v) is 6.75. The summed E-state index contributed by atoms with van der Waals surface area (Å²) < 4.78 is 16.0. The predicted molar refractivity (Wildman–Crippen MR) is 110 cm³/mol. The number of benzene rings is 2. The highest BCUT2D eigenvalue weighted by Crippen LogP contribution is 2.29. The van der Waals surface area contributed by atoms with Crippen molar-refractivity contribution >= 4 is 17.5 Å². The molecule has 0 spiro atoms. The summed E-state index contributed by atoms with van der Waals surface area (Å²) >= 11 is 0. The van der Waals surface area contributed by atoms with Crippen molar-refractivity contribution in [1.29, 1.82) is 0 Å². The molecule has 1 atom stereocenters. The fraction of sp³-hybridized carbons (Fsp3) is 0.364. The Kier molecular flexibility index (Phi) is 6.59. The predicted octanol–water partition coefficient (Wildman–Crippen LogP) is 2.89. The van der Waals surface area contributed by atoms with Gasteiger partial charge in [-0.3, -0.25) is 9.59 Å². The molecule has 0 bridgehead atoms. The van der Waals surface area contributed by atoms with E-state index in [4.69, 9.17) is 14.2 Å². The number of rotatable bonds is 8. The van der Waals surface area contributed by atoms with Crippen molar-refractivity contribution in [2.75, 3.05) is 38.8 Å². The molecule has 29 heavy (non-hydrogen) atoms. The van der Waals surface area contributed by atoms with Crippen LogP contribution in [0.5, 0.6) is 17.2 Å². The van der Waals surface area contributed by atoms with Crippen LogP contribution in [0.25, 0.3) is 0 Å². The molecule has 154 valence electrons. The van der Waals surface area contributed by atoms with Crippen molar-refractivity contribution in [3.05, 3.63) is 48.0 Å². The molecule has 7 nitrogen and oxygen atoms in total. The molecular formula is C22H26N2O5. The fourth-order valence-corrected chi connectivity index (χ4v) is 3.46. The topological polar surface area (TPSA) is 77.1 Å². The summed E-state index contributed by atoms with van der Waals surface area (Å²) in [6, 6.07) is 12.7. The summed E-state index contributed by atoms with van der Waals surface area (Å²) in [4.78, 5) is 26.9. The molecule has 2 amide bonds. The number of nitrogens with zero attached hydrogens (tertiary/aromatic N) is 1. The molecule has 0 aliphatic carbocycles. The van der Waals surface area contributed by atoms with E-state index in [0.717, 1.165) is 11.4 Å². The molecule has 0 saturated carbocycles. The zero-order valence-corrected chi connectivity index (χ0v) is 16.9. The van der Waals surface area contributed by atoms with Gasteiger partial charge in [-0.15, -0.1) is 0 Å². The summed E-state index contributed by atoms with van der Waals surface area (Å²) in [6.45, 7) is 3.47. The number of methoxy groups -OCH3 is 2. The quantitative estimate of drug-likeness (QED) is 0.740. The van der Waals surface area contributed by atoms with Gasteiger partial charge in [-0.05, 0) is 43.3 Å². The van der Waals surface area contributed by atoms with E-state index in [0.29, 0.717) is 43.2 Å². The van der Waals surface area contributed by atoms with Gasteiger partial charge in [0.05, 0.1) is 20.8 Å². The third-order valence-electron chi connectivity index (χ3n) is 4.87. The van der Waals surface area contributed by atoms with Crippen LogP contribution in [-0.2, 0) is 4.79 Å². The Hall–Kier alpha value is -3.22. The van der Waals surface area contributed by atoms with Crippen molar-refractivity contribution in [3.63, 3.8) is 0 Å². The average Bonchev–Trinajstić information content (AvgIpc) is 3.12. The van der Waals surface area contributed by atoms with Crippen LogP contribution in [0.2, 0.25) is 0 Å². The van der Waals surface area contributed by atoms with Gasteiger partial charge in [-0.2, -0.15) is 0 Å². The minimum atomic E-state index is -0.286. The summed E-state index contributed by atoms with van der Waals surface area (Å²) in [5.74, 6) is 1.45. The summed E-state index contributed by atoms with van der Waals surface area (Å²) in [7, 11) is 3.02. The van der Waals surface area contributed by atoms with Crippen molar-refractivity contribution in [3.8, 4) is 17.2 Å². The van der Waals surface area contributed by atoms with E-state index in [2.05, 4.69) is 5.32 Å². The molecule has 1 unspecified atom stereocenters. The molecule has 0 radical (unpaired) electrons. The lowest BCUT2D eigenvalue weighted by Crippen LogP contribution is -2.31. The van der Waals surface area contributed by atoms with Crippen LogP contribution < -0.4 is 24.4 Å². The number of hydrogen-bond donors (Lipinski definition) is 1. The van der Waals surface area contributed by atoms with Crippen LogP contribution in [0.4, 0.5) is 5.69 Å². The van der Waals surface area contributed by atoms with E-state index < -0.39 is 0 Å². The average molecular weight is 398 g/mol. The molecule has 1 heterocycles. The van der Waals surface area contributed by atoms with Gasteiger partial charge in [0.15, 0.2) is 0 Å². The lowest BCUT2D eigenvalue weighted by molar-refractivity contribution is -0.117. The Labute approximate surface area is 170 Å². The lowest BCUT2D eigenvalue weighted by atomic mass is 10.1. The van der Waals surface area contributed by atoms with E-state index in [-0.39, 0.29) is 17.7 Å². The van der Waals surface area contributed by atoms with Crippen molar-refractivity contribution in [2.24, 2.45) is 5.92 Å². The minimum absolute atomic E-state index is 0.0266. The highest BCUT2D eigenvalue weighted by molar-refractivity contribution is 6.00. The van der Waals surface area contributed by atoms with E-state index in [1.807, 2.05) is 31.2 Å². The monoisotopic (exact) mass is 398 g/mol. The van der Waals surface area contributed by atoms with Crippen molar-refractivity contribution in [1.82, 2.24) is 5.32 Å². The smallest absolute Gasteiger partial charge is 0.258 e. The number of amides is 2. The molecule has 0 aromatic heterocycles. The third kappa shape index (κ3) is 4.62. The maximum atomic E-state index is 12.7. The molecule has 1 saturated heterocycles. The van der Waals surface area contributed by atoms with Gasteiger partial charge in [0.2, 0.25) is 5.91 Å². The summed E-state index contributed by atoms with van der Waals surface area (Å²) in [5, 5.41) is 2.91. The van der Waals surface area contributed by atoms with Crippen LogP contribution in [0.1, 0.15) is 23.7 Å². The first-order valence-electron chi connectivity index (χ1n) is 9.59. The van der Waals surface area contributed by atoms with E-state index in [1.54, 1.807) is 23.1 Å². The minimum Gasteiger partial charge on any atom is -0.496 e. The van der Waals surface area contributed by atoms with Crippen LogP contribution in [0.15, 0.2) is 42.5 Å². The Morgan fingerprint density at radius 2 is 1.76 bits per heavy atom. The normalized spacial score (nSPS) is 15.9. The first kappa shape index (κ1) is 20.5. The van der Waals surface area contributed by atoms with Gasteiger partial charge in [-0.25, -0.2) is 0 Å². The molecule has 2 aromatic carbocycles. The SMILES string of the molecule is CCOc1ccc(N2CC(CNC(=O)c3c(OC)cccc3OC)CC2=O)cc1. The molecular weight excluding hydrogens is 372 g/mol. The zero-order valence-electron chi connectivity index (χ0n) is 16.9. The van der Waals surface area contributed by atoms with Crippen molar-refractivity contribution in [2.45, 2.75) is 13.3 Å². The van der Waals surface area contributed by atoms with Crippen LogP contribution in [-0.4, -0.2) is 45.7 Å². The lowest BCUT2D eigenvalue weighted by Gasteiger charge is -2.18. The second kappa shape index (κ2) is 9.32. The maximum Gasteiger partial charge on any atom is 0.258 e. The van der Waals surface area contributed by atoms with Crippen LogP contribution >= 0.6 is 0 Å². The van der Waals surface area contributed by atoms with Crippen LogP contribution in [0, 0.1) is 5.92 Å². The molecule has 1 fully saturated rings. The molecule has 1 aliphatic heterocycles. The number of anilines is 1. The van der Waals surface area contributed by atoms with E-state index in [9.17, 15) is 9.59 Å². The summed E-state index contributed by atoms with van der Waals surface area (Å²) in [5.41, 5.74) is 1.18. The highest BCUT2D eigenvalue weighted by Gasteiger charge is 2.31. The number of carbonyl (C=O) groups is 2. The van der Waals surface area contributed by atoms with Gasteiger partial charge in [-0.1, -0.05) is 6.07 Å². The van der Waals surface area contributed by atoms with Gasteiger partial charge in [0.1, 0.15) is 22.8 Å². The number of carbonyl (C=O) groups excluding carboxylic acids is 2. The van der Waals surface area contributed by atoms with Crippen LogP contribution in [0.3, 0.4) is 0 Å². The van der Waals surface area contributed by atoms with E-state index >= 15 is 0 Å². The molecule has 2 aromatic rings. The third-order valence-corrected chi connectivity index (χ3v) is 4.87. The number of ether oxygens (including phenoxy) is 3. The molecule has 1 N–H and O–H groups in total. The second-order valence-electron chi connectivity index (χ2n) is 6.75. The molecule has 1 aliphatic rings. The Morgan fingerprint density at radius 3 is 2.34 bits per heavy atom. The van der Waals surface area contributed by atoms with E-state index in [1.165, 1.54) is 14.2 Å². The number of hydrogen-bond acceptors (Lipinski definition) is 5. The Morgan fingerprint density at radius 1 is 1.10 bits per heavy atom. The first-order chi connectivity index (χ1) is 14.1. The maximum absolute atomic E-state index is 12.7. The molecule has 3 rings (SSSR count). The zero-order chi connectivity index (χ0) is 20.8. The highest BCUT2D eigenvalue weighted by atomic mass is 16.5. The standard InChI is InChI=1S/C22H26N2O5/c1-4-29-17-10-8-16(9-11-17)24-14-15(12-20(24)25)13-23-22(26)21-18(27-2)6-5-7-19(21)28-3/h5-11,15H,4,12-14H2,1-3H3,(H,23,26). The van der Waals surface area contributed by atoms with Gasteiger partial charge in [0.25, 0.3) is 5.91 Å². The largest absolute Gasteiger partial charge is 0.496 e. The van der Waals surface area contributed by atoms with Gasteiger partial charge in [0, 0.05) is 31.1 Å². The summed E-state index contributed by atoms with van der Waals surface area (Å²) in [6.07, 6.45) is 0.385. The van der Waals surface area contributed by atoms with Gasteiger partial charge >= 0.3 is 0 Å². The first-order valence-corrected chi connectivity index (χ1v) is 9.59. The Balaban J connectivity index is 1.63. The molecule has 7 heteroatoms. The number of nitrogens with one attached hydrogen (secondary N) is 1. The van der Waals surface area contributed by atoms with Crippen molar-refractivity contribution < 1.29 is 23.8 Å². The Bertz CT molecular complexity index is 844.